The Morgan fingerprint density at radius 1 is 1.15 bits per heavy atom. The lowest BCUT2D eigenvalue weighted by Crippen LogP contribution is -1.95. The van der Waals surface area contributed by atoms with E-state index in [1.54, 1.807) is 34.9 Å². The number of nitrogens with two attached hydrogens (primary N) is 1. The normalized spacial score (nSPS) is 11.1. The van der Waals surface area contributed by atoms with Gasteiger partial charge >= 0.3 is 0 Å². The van der Waals surface area contributed by atoms with Gasteiger partial charge in [-0.15, -0.1) is 23.1 Å². The zero-order chi connectivity index (χ0) is 13.9. The van der Waals surface area contributed by atoms with Crippen LogP contribution in [0.1, 0.15) is 5.56 Å². The summed E-state index contributed by atoms with van der Waals surface area (Å²) in [5, 5.41) is 3.68. The summed E-state index contributed by atoms with van der Waals surface area (Å²) >= 11 is 4.96. The second kappa shape index (κ2) is 6.03. The molecule has 3 nitrogen and oxygen atoms in total. The SMILES string of the molecule is CSc1ccc(CSc2nc(N)c3ccsc3n2)cc1. The first-order chi connectivity index (χ1) is 9.76. The van der Waals surface area contributed by atoms with Gasteiger partial charge in [-0.2, -0.15) is 0 Å². The number of nitrogens with zero attached hydrogens (tertiary/aromatic N) is 2. The van der Waals surface area contributed by atoms with Crippen molar-refractivity contribution in [1.82, 2.24) is 9.97 Å². The van der Waals surface area contributed by atoms with Gasteiger partial charge in [0.2, 0.25) is 0 Å². The van der Waals surface area contributed by atoms with Gasteiger partial charge in [-0.1, -0.05) is 23.9 Å². The minimum atomic E-state index is 0.566. The second-order valence-electron chi connectivity index (χ2n) is 4.17. The van der Waals surface area contributed by atoms with E-state index in [0.717, 1.165) is 21.1 Å². The summed E-state index contributed by atoms with van der Waals surface area (Å²) in [5.41, 5.74) is 7.21. The van der Waals surface area contributed by atoms with Gasteiger partial charge in [0.1, 0.15) is 10.6 Å². The van der Waals surface area contributed by atoms with Crippen LogP contribution in [0.4, 0.5) is 5.82 Å². The molecule has 0 amide bonds. The summed E-state index contributed by atoms with van der Waals surface area (Å²) < 4.78 is 0. The predicted octanol–water partition coefficient (Wildman–Crippen LogP) is 4.29. The number of thioether (sulfide) groups is 2. The number of hydrogen-bond acceptors (Lipinski definition) is 6. The molecule has 102 valence electrons. The molecule has 0 atom stereocenters. The summed E-state index contributed by atoms with van der Waals surface area (Å²) in [5.74, 6) is 1.42. The highest BCUT2D eigenvalue weighted by atomic mass is 32.2. The first-order valence-corrected chi connectivity index (χ1v) is 9.12. The van der Waals surface area contributed by atoms with Gasteiger partial charge in [0.15, 0.2) is 5.16 Å². The van der Waals surface area contributed by atoms with Crippen LogP contribution in [0.5, 0.6) is 0 Å². The van der Waals surface area contributed by atoms with Crippen LogP contribution in [0.2, 0.25) is 0 Å². The summed E-state index contributed by atoms with van der Waals surface area (Å²) in [4.78, 5) is 11.1. The number of aromatic nitrogens is 2. The third-order valence-electron chi connectivity index (χ3n) is 2.86. The van der Waals surface area contributed by atoms with Crippen molar-refractivity contribution < 1.29 is 0 Å². The van der Waals surface area contributed by atoms with E-state index in [-0.39, 0.29) is 0 Å². The summed E-state index contributed by atoms with van der Waals surface area (Å²) in [6, 6.07) is 10.5. The van der Waals surface area contributed by atoms with Crippen molar-refractivity contribution in [2.45, 2.75) is 15.8 Å². The molecule has 6 heteroatoms. The van der Waals surface area contributed by atoms with Crippen LogP contribution >= 0.6 is 34.9 Å². The van der Waals surface area contributed by atoms with Crippen LogP contribution in [0.15, 0.2) is 45.8 Å². The lowest BCUT2D eigenvalue weighted by molar-refractivity contribution is 1.02. The maximum absolute atomic E-state index is 5.95. The van der Waals surface area contributed by atoms with E-state index in [1.807, 2.05) is 11.4 Å². The van der Waals surface area contributed by atoms with Crippen molar-refractivity contribution in [3.05, 3.63) is 41.3 Å². The van der Waals surface area contributed by atoms with E-state index < -0.39 is 0 Å². The smallest absolute Gasteiger partial charge is 0.191 e. The van der Waals surface area contributed by atoms with E-state index in [9.17, 15) is 0 Å². The molecule has 0 aliphatic rings. The standard InChI is InChI=1S/C14H13N3S3/c1-18-10-4-2-9(3-5-10)8-20-14-16-12(15)11-6-7-19-13(11)17-14/h2-7H,8H2,1H3,(H2,15,16,17). The Balaban J connectivity index is 1.75. The average molecular weight is 319 g/mol. The minimum absolute atomic E-state index is 0.566. The van der Waals surface area contributed by atoms with Gasteiger partial charge < -0.3 is 5.73 Å². The van der Waals surface area contributed by atoms with Crippen LogP contribution in [-0.4, -0.2) is 16.2 Å². The van der Waals surface area contributed by atoms with E-state index in [1.165, 1.54) is 10.5 Å². The molecule has 0 spiro atoms. The van der Waals surface area contributed by atoms with Gasteiger partial charge in [0.25, 0.3) is 0 Å². The number of benzene rings is 1. The summed E-state index contributed by atoms with van der Waals surface area (Å²) in [7, 11) is 0. The molecule has 0 bridgehead atoms. The highest BCUT2D eigenvalue weighted by Crippen LogP contribution is 2.28. The first kappa shape index (κ1) is 13.7. The second-order valence-corrected chi connectivity index (χ2v) is 6.88. The molecular weight excluding hydrogens is 306 g/mol. The largest absolute Gasteiger partial charge is 0.383 e. The minimum Gasteiger partial charge on any atom is -0.383 e. The maximum atomic E-state index is 5.95. The fraction of sp³-hybridized carbons (Fsp3) is 0.143. The highest BCUT2D eigenvalue weighted by Gasteiger charge is 2.07. The van der Waals surface area contributed by atoms with Crippen molar-refractivity contribution >= 4 is 50.9 Å². The van der Waals surface area contributed by atoms with E-state index in [4.69, 9.17) is 5.73 Å². The highest BCUT2D eigenvalue weighted by molar-refractivity contribution is 7.98. The first-order valence-electron chi connectivity index (χ1n) is 6.03. The Morgan fingerprint density at radius 3 is 2.70 bits per heavy atom. The lowest BCUT2D eigenvalue weighted by Gasteiger charge is -2.03. The van der Waals surface area contributed by atoms with Gasteiger partial charge in [0.05, 0.1) is 5.39 Å². The molecule has 0 unspecified atom stereocenters. The molecular formula is C14H13N3S3. The molecule has 2 heterocycles. The monoisotopic (exact) mass is 319 g/mol. The Hall–Kier alpha value is -1.24. The van der Waals surface area contributed by atoms with Crippen molar-refractivity contribution in [3.63, 3.8) is 0 Å². The molecule has 0 saturated carbocycles. The summed E-state index contributed by atoms with van der Waals surface area (Å²) in [6.45, 7) is 0. The van der Waals surface area contributed by atoms with Crippen molar-refractivity contribution in [2.75, 3.05) is 12.0 Å². The Kier molecular flexibility index (Phi) is 4.14. The number of thiophene rings is 1. The molecule has 0 radical (unpaired) electrons. The Bertz CT molecular complexity index is 722. The fourth-order valence-electron chi connectivity index (χ4n) is 1.79. The van der Waals surface area contributed by atoms with Gasteiger partial charge in [0, 0.05) is 10.6 Å². The molecule has 20 heavy (non-hydrogen) atoms. The van der Waals surface area contributed by atoms with Crippen LogP contribution < -0.4 is 5.73 Å². The third-order valence-corrected chi connectivity index (χ3v) is 5.33. The number of hydrogen-bond donors (Lipinski definition) is 1. The molecule has 0 fully saturated rings. The molecule has 3 aromatic rings. The quantitative estimate of drug-likeness (QED) is 0.574. The zero-order valence-corrected chi connectivity index (χ0v) is 13.3. The van der Waals surface area contributed by atoms with Crippen molar-refractivity contribution in [2.24, 2.45) is 0 Å². The van der Waals surface area contributed by atoms with E-state index >= 15 is 0 Å². The predicted molar refractivity (Wildman–Crippen MR) is 89.6 cm³/mol. The number of nitrogen functional groups attached to an aromatic ring is 1. The molecule has 2 N–H and O–H groups in total. The lowest BCUT2D eigenvalue weighted by atomic mass is 10.2. The average Bonchev–Trinajstić information content (AvgIpc) is 2.94. The van der Waals surface area contributed by atoms with E-state index in [0.29, 0.717) is 5.82 Å². The maximum Gasteiger partial charge on any atom is 0.191 e. The Morgan fingerprint density at radius 2 is 1.95 bits per heavy atom. The molecule has 2 aromatic heterocycles. The fourth-order valence-corrected chi connectivity index (χ4v) is 3.84. The van der Waals surface area contributed by atoms with Crippen molar-refractivity contribution in [3.8, 4) is 0 Å². The van der Waals surface area contributed by atoms with Gasteiger partial charge in [-0.25, -0.2) is 9.97 Å². The molecule has 0 aliphatic carbocycles. The molecule has 3 rings (SSSR count). The summed E-state index contributed by atoms with van der Waals surface area (Å²) in [6.07, 6.45) is 2.08. The van der Waals surface area contributed by atoms with Crippen LogP contribution in [-0.2, 0) is 5.75 Å². The Labute approximate surface area is 130 Å². The van der Waals surface area contributed by atoms with Crippen LogP contribution in [0.25, 0.3) is 10.2 Å². The molecule has 0 aliphatic heterocycles. The number of fused-ring (bicyclic) bond motifs is 1. The van der Waals surface area contributed by atoms with Crippen LogP contribution in [0, 0.1) is 0 Å². The van der Waals surface area contributed by atoms with Gasteiger partial charge in [-0.3, -0.25) is 0 Å². The topological polar surface area (TPSA) is 51.8 Å². The molecule has 1 aromatic carbocycles. The van der Waals surface area contributed by atoms with Crippen LogP contribution in [0.3, 0.4) is 0 Å². The van der Waals surface area contributed by atoms with Crippen molar-refractivity contribution in [1.29, 1.82) is 0 Å². The third kappa shape index (κ3) is 2.92. The van der Waals surface area contributed by atoms with E-state index in [2.05, 4.69) is 40.5 Å². The number of rotatable bonds is 4. The number of anilines is 1. The van der Waals surface area contributed by atoms with Gasteiger partial charge in [-0.05, 0) is 35.4 Å². The zero-order valence-electron chi connectivity index (χ0n) is 10.9. The molecule has 0 saturated heterocycles.